The highest BCUT2D eigenvalue weighted by Crippen LogP contribution is 2.60. The summed E-state index contributed by atoms with van der Waals surface area (Å²) in [7, 11) is 0. The molecule has 1 heterocycles. The first-order valence-electron chi connectivity index (χ1n) is 13.8. The van der Waals surface area contributed by atoms with Crippen LogP contribution in [0.1, 0.15) is 49.0 Å². The van der Waals surface area contributed by atoms with E-state index in [-0.39, 0.29) is 27.9 Å². The third-order valence-corrected chi connectivity index (χ3v) is 10.2. The van der Waals surface area contributed by atoms with Gasteiger partial charge in [-0.2, -0.15) is 0 Å². The van der Waals surface area contributed by atoms with Crippen molar-refractivity contribution in [3.8, 4) is 5.75 Å². The van der Waals surface area contributed by atoms with Crippen LogP contribution in [0.5, 0.6) is 5.75 Å². The number of aliphatic hydroxyl groups excluding tert-OH is 2. The van der Waals surface area contributed by atoms with Crippen molar-refractivity contribution in [2.24, 2.45) is 0 Å². The van der Waals surface area contributed by atoms with Crippen LogP contribution in [0.25, 0.3) is 28.4 Å². The number of aromatic amines is 1. The Bertz CT molecular complexity index is 2540. The van der Waals surface area contributed by atoms with Crippen LogP contribution in [0, 0.1) is 10.4 Å². The van der Waals surface area contributed by atoms with E-state index in [9.17, 15) is 39.3 Å². The van der Waals surface area contributed by atoms with Gasteiger partial charge in [0.1, 0.15) is 22.7 Å². The zero-order valence-electron chi connectivity index (χ0n) is 22.9. The fourth-order valence-electron chi connectivity index (χ4n) is 6.75. The van der Waals surface area contributed by atoms with Gasteiger partial charge in [0, 0.05) is 39.3 Å². The average Bonchev–Trinajstić information content (AvgIpc) is 3.68. The van der Waals surface area contributed by atoms with Gasteiger partial charge in [-0.1, -0.05) is 18.2 Å². The number of nitrogens with one attached hydrogen (secondary N) is 2. The number of aromatic nitrogens is 1. The molecule has 5 aliphatic rings. The predicted molar refractivity (Wildman–Crippen MR) is 171 cm³/mol. The Morgan fingerprint density at radius 1 is 0.909 bits per heavy atom. The van der Waals surface area contributed by atoms with Crippen molar-refractivity contribution in [2.75, 3.05) is 0 Å². The van der Waals surface area contributed by atoms with E-state index in [0.717, 1.165) is 18.9 Å². The third-order valence-electron chi connectivity index (χ3n) is 8.79. The molecule has 0 amide bonds. The van der Waals surface area contributed by atoms with E-state index in [1.165, 1.54) is 0 Å². The van der Waals surface area contributed by atoms with Crippen LogP contribution in [0.4, 0.5) is 0 Å². The molecule has 2 atom stereocenters. The minimum absolute atomic E-state index is 0.0577. The molecule has 1 aromatic carbocycles. The average molecular weight is 722 g/mol. The van der Waals surface area contributed by atoms with Crippen molar-refractivity contribution in [1.29, 1.82) is 0 Å². The second-order valence-corrected chi connectivity index (χ2v) is 13.0. The standard InChI is InChI=1S/C32H22Br2N2O8/c1-2-3-4-5-12-8-13-17(31(44)36-12)28(41)23-18(24(13)34)15(35-11-6-7-11)10-32(23)29(42)21-22(30(32)43)27(40)20-19(26(21)39)16(37)9-14(33)25(20)38/h2-5,8-9,11,15,35,41-43H,6-7,10H2,1H3,(H,36,44)/t15?,32-/m0/s1. The van der Waals surface area contributed by atoms with Gasteiger partial charge in [-0.25, -0.2) is 0 Å². The van der Waals surface area contributed by atoms with Gasteiger partial charge < -0.3 is 25.6 Å². The quantitative estimate of drug-likeness (QED) is 0.197. The van der Waals surface area contributed by atoms with Crippen molar-refractivity contribution < 1.29 is 15.3 Å². The number of phenolic OH excluding ortho intramolecular Hbond substituents is 1. The number of fused-ring (bicyclic) bond motifs is 4. The normalized spacial score (nSPS) is 21.1. The molecule has 12 heteroatoms. The lowest BCUT2D eigenvalue weighted by Gasteiger charge is -2.27. The first-order valence-corrected chi connectivity index (χ1v) is 15.4. The Balaban J connectivity index is 1.65. The molecule has 0 aliphatic heterocycles. The summed E-state index contributed by atoms with van der Waals surface area (Å²) in [6.07, 6.45) is 8.65. The largest absolute Gasteiger partial charge is 0.510 e. The fourth-order valence-corrected chi connectivity index (χ4v) is 7.94. The number of aliphatic hydroxyl groups is 2. The predicted octanol–water partition coefficient (Wildman–Crippen LogP) is 1.87. The SMILES string of the molecule is CC=CC=Cc1cc2c(Br)c3c(c(O)c2c(=O)[nH]1)[C@@]1(CC3NC2CC2)C(O)=c2c(=O)c3c(=O)cc(Br)c(=O)c=3c(=O)c2=C1O. The Hall–Kier alpha value is -4.13. The highest BCUT2D eigenvalue weighted by Gasteiger charge is 2.57. The Kier molecular flexibility index (Phi) is 6.30. The molecule has 1 saturated carbocycles. The number of hydrogen-bond acceptors (Lipinski definition) is 9. The van der Waals surface area contributed by atoms with Crippen molar-refractivity contribution in [1.82, 2.24) is 10.3 Å². The van der Waals surface area contributed by atoms with E-state index in [0.29, 0.717) is 21.1 Å². The molecule has 10 nitrogen and oxygen atoms in total. The molecule has 222 valence electrons. The van der Waals surface area contributed by atoms with Gasteiger partial charge in [-0.3, -0.25) is 24.0 Å². The summed E-state index contributed by atoms with van der Waals surface area (Å²) in [4.78, 5) is 69.4. The molecule has 5 aliphatic carbocycles. The lowest BCUT2D eigenvalue weighted by Crippen LogP contribution is -2.52. The van der Waals surface area contributed by atoms with Crippen LogP contribution >= 0.6 is 31.9 Å². The number of halogens is 2. The van der Waals surface area contributed by atoms with Gasteiger partial charge in [0.05, 0.1) is 30.7 Å². The van der Waals surface area contributed by atoms with Crippen LogP contribution in [-0.2, 0) is 5.41 Å². The number of pyridine rings is 1. The summed E-state index contributed by atoms with van der Waals surface area (Å²) in [5.74, 6) is -2.03. The van der Waals surface area contributed by atoms with Crippen LogP contribution in [-0.4, -0.2) is 26.3 Å². The number of allylic oxidation sites excluding steroid dienone is 3. The molecule has 0 radical (unpaired) electrons. The van der Waals surface area contributed by atoms with E-state index in [1.807, 2.05) is 13.0 Å². The van der Waals surface area contributed by atoms with E-state index in [2.05, 4.69) is 42.2 Å². The fraction of sp³-hybridized carbons (Fsp3) is 0.219. The topological polar surface area (TPSA) is 174 Å². The van der Waals surface area contributed by atoms with Gasteiger partial charge in [0.25, 0.3) is 5.56 Å². The second kappa shape index (κ2) is 9.68. The zero-order chi connectivity index (χ0) is 31.4. The molecular weight excluding hydrogens is 700 g/mol. The van der Waals surface area contributed by atoms with E-state index in [4.69, 9.17) is 0 Å². The Morgan fingerprint density at radius 2 is 1.57 bits per heavy atom. The first kappa shape index (κ1) is 28.6. The third kappa shape index (κ3) is 3.64. The Labute approximate surface area is 262 Å². The van der Waals surface area contributed by atoms with Crippen molar-refractivity contribution >= 4 is 60.2 Å². The number of phenols is 1. The van der Waals surface area contributed by atoms with Crippen LogP contribution < -0.4 is 43.0 Å². The highest BCUT2D eigenvalue weighted by molar-refractivity contribution is 9.11. The van der Waals surface area contributed by atoms with Crippen LogP contribution in [0.2, 0.25) is 0 Å². The number of rotatable bonds is 4. The smallest absolute Gasteiger partial charge is 0.260 e. The monoisotopic (exact) mass is 720 g/mol. The highest BCUT2D eigenvalue weighted by atomic mass is 79.9. The first-order chi connectivity index (χ1) is 20.9. The maximum Gasteiger partial charge on any atom is 0.260 e. The molecular formula is C32H22Br2N2O8. The summed E-state index contributed by atoms with van der Waals surface area (Å²) in [6, 6.07) is 2.06. The molecule has 2 aromatic rings. The van der Waals surface area contributed by atoms with Crippen LogP contribution in [0.3, 0.4) is 0 Å². The van der Waals surface area contributed by atoms with Gasteiger partial charge in [0.15, 0.2) is 5.43 Å². The number of benzene rings is 1. The van der Waals surface area contributed by atoms with E-state index >= 15 is 0 Å². The maximum atomic E-state index is 13.8. The van der Waals surface area contributed by atoms with Crippen molar-refractivity contribution in [2.45, 2.75) is 43.7 Å². The molecule has 5 N–H and O–H groups in total. The van der Waals surface area contributed by atoms with Crippen molar-refractivity contribution in [3.63, 3.8) is 0 Å². The number of H-pyrrole nitrogens is 1. The molecule has 7 rings (SSSR count). The molecule has 0 saturated heterocycles. The molecule has 44 heavy (non-hydrogen) atoms. The van der Waals surface area contributed by atoms with Gasteiger partial charge in [0.2, 0.25) is 16.3 Å². The lowest BCUT2D eigenvalue weighted by molar-refractivity contribution is 0.344. The maximum absolute atomic E-state index is 13.8. The zero-order valence-corrected chi connectivity index (χ0v) is 26.1. The minimum Gasteiger partial charge on any atom is -0.510 e. The second-order valence-electron chi connectivity index (χ2n) is 11.3. The van der Waals surface area contributed by atoms with Crippen molar-refractivity contribution in [3.05, 3.63) is 128 Å². The summed E-state index contributed by atoms with van der Waals surface area (Å²) < 4.78 is 0.195. The summed E-state index contributed by atoms with van der Waals surface area (Å²) in [5, 5.41) is 36.7. The van der Waals surface area contributed by atoms with Gasteiger partial charge in [-0.05, 0) is 75.8 Å². The molecule has 1 unspecified atom stereocenters. The van der Waals surface area contributed by atoms with Gasteiger partial charge in [-0.15, -0.1) is 0 Å². The number of aromatic hydroxyl groups is 1. The van der Waals surface area contributed by atoms with Gasteiger partial charge >= 0.3 is 0 Å². The minimum atomic E-state index is -2.03. The summed E-state index contributed by atoms with van der Waals surface area (Å²) >= 11 is 6.59. The Morgan fingerprint density at radius 3 is 2.20 bits per heavy atom. The molecule has 1 aromatic heterocycles. The number of hydrogen-bond donors (Lipinski definition) is 5. The lowest BCUT2D eigenvalue weighted by atomic mass is 9.78. The molecule has 1 spiro atoms. The molecule has 1 fully saturated rings. The van der Waals surface area contributed by atoms with E-state index < -0.39 is 76.9 Å². The molecule has 0 bridgehead atoms. The summed E-state index contributed by atoms with van der Waals surface area (Å²) in [6.45, 7) is 1.85. The van der Waals surface area contributed by atoms with Crippen LogP contribution in [0.15, 0.2) is 63.3 Å². The van der Waals surface area contributed by atoms with E-state index in [1.54, 1.807) is 24.3 Å². The summed E-state index contributed by atoms with van der Waals surface area (Å²) in [5.41, 5.74) is -5.81.